The van der Waals surface area contributed by atoms with E-state index in [2.05, 4.69) is 30.1 Å². The first-order chi connectivity index (χ1) is 9.59. The molecule has 4 nitrogen and oxygen atoms in total. The van der Waals surface area contributed by atoms with Crippen LogP contribution in [0.1, 0.15) is 38.8 Å². The molecule has 1 saturated heterocycles. The summed E-state index contributed by atoms with van der Waals surface area (Å²) in [6.45, 7) is 7.62. The highest BCUT2D eigenvalue weighted by molar-refractivity contribution is 7.80. The van der Waals surface area contributed by atoms with E-state index in [4.69, 9.17) is 21.7 Å². The maximum Gasteiger partial charge on any atom is 0.184 e. The highest BCUT2D eigenvalue weighted by Crippen LogP contribution is 2.47. The Morgan fingerprint density at radius 1 is 1.50 bits per heavy atom. The van der Waals surface area contributed by atoms with Crippen molar-refractivity contribution in [2.75, 3.05) is 13.2 Å². The lowest BCUT2D eigenvalue weighted by atomic mass is 9.90. The van der Waals surface area contributed by atoms with E-state index in [9.17, 15) is 0 Å². The Balaban J connectivity index is 2.07. The highest BCUT2D eigenvalue weighted by Gasteiger charge is 2.47. The van der Waals surface area contributed by atoms with Crippen LogP contribution >= 0.6 is 12.2 Å². The van der Waals surface area contributed by atoms with E-state index in [0.717, 1.165) is 35.1 Å². The van der Waals surface area contributed by atoms with Crippen LogP contribution in [0, 0.1) is 0 Å². The van der Waals surface area contributed by atoms with Gasteiger partial charge in [0, 0.05) is 18.5 Å². The van der Waals surface area contributed by atoms with E-state index >= 15 is 0 Å². The number of nitrogens with one attached hydrogen (secondary N) is 1. The number of hydrogen-bond acceptors (Lipinski definition) is 3. The average Bonchev–Trinajstić information content (AvgIpc) is 2.39. The molecule has 2 aliphatic heterocycles. The molecule has 2 aliphatic rings. The van der Waals surface area contributed by atoms with Crippen molar-refractivity contribution in [3.05, 3.63) is 23.8 Å². The summed E-state index contributed by atoms with van der Waals surface area (Å²) < 4.78 is 12.0. The Kier molecular flexibility index (Phi) is 3.24. The predicted octanol–water partition coefficient (Wildman–Crippen LogP) is 2.84. The van der Waals surface area contributed by atoms with Gasteiger partial charge in [-0.15, -0.1) is 0 Å². The van der Waals surface area contributed by atoms with E-state index < -0.39 is 5.72 Å². The molecule has 3 rings (SSSR count). The standard InChI is InChI=1S/C15H20N2O2S/c1-4-17-14(20)16-11-9-15(17,3)19-13-10(11)7-6-8-12(13)18-5-2/h6-8,11H,4-5,9H2,1-3H3,(H,16,20)/t11-,15+/m1/s1. The zero-order valence-corrected chi connectivity index (χ0v) is 12.9. The largest absolute Gasteiger partial charge is 0.490 e. The smallest absolute Gasteiger partial charge is 0.184 e. The van der Waals surface area contributed by atoms with Crippen LogP contribution in [-0.2, 0) is 0 Å². The van der Waals surface area contributed by atoms with Crippen LogP contribution in [0.4, 0.5) is 0 Å². The van der Waals surface area contributed by atoms with Crippen LogP contribution in [0.25, 0.3) is 0 Å². The zero-order valence-electron chi connectivity index (χ0n) is 12.1. The SMILES string of the molecule is CCOc1cccc2c1O[C@@]1(C)C[C@H]2NC(=S)N1CC. The van der Waals surface area contributed by atoms with Gasteiger partial charge in [0.1, 0.15) is 0 Å². The van der Waals surface area contributed by atoms with Crippen molar-refractivity contribution in [2.24, 2.45) is 0 Å². The van der Waals surface area contributed by atoms with Crippen LogP contribution in [0.5, 0.6) is 11.5 Å². The van der Waals surface area contributed by atoms with Crippen molar-refractivity contribution in [3.63, 3.8) is 0 Å². The summed E-state index contributed by atoms with van der Waals surface area (Å²) >= 11 is 5.47. The van der Waals surface area contributed by atoms with Gasteiger partial charge in [-0.05, 0) is 39.1 Å². The van der Waals surface area contributed by atoms with E-state index in [1.54, 1.807) is 0 Å². The van der Waals surface area contributed by atoms with Gasteiger partial charge in [0.25, 0.3) is 0 Å². The minimum Gasteiger partial charge on any atom is -0.490 e. The normalized spacial score (nSPS) is 27.4. The van der Waals surface area contributed by atoms with Crippen molar-refractivity contribution in [3.8, 4) is 11.5 Å². The van der Waals surface area contributed by atoms with Crippen molar-refractivity contribution in [2.45, 2.75) is 39.0 Å². The third kappa shape index (κ3) is 1.92. The highest BCUT2D eigenvalue weighted by atomic mass is 32.1. The van der Waals surface area contributed by atoms with Gasteiger partial charge in [0.2, 0.25) is 0 Å². The molecule has 5 heteroatoms. The lowest BCUT2D eigenvalue weighted by Crippen LogP contribution is -2.64. The van der Waals surface area contributed by atoms with Crippen molar-refractivity contribution >= 4 is 17.3 Å². The molecular formula is C15H20N2O2S. The van der Waals surface area contributed by atoms with E-state index in [0.29, 0.717) is 6.61 Å². The summed E-state index contributed by atoms with van der Waals surface area (Å²) in [5, 5.41) is 4.18. The Morgan fingerprint density at radius 2 is 2.30 bits per heavy atom. The maximum absolute atomic E-state index is 6.32. The molecule has 1 aromatic rings. The van der Waals surface area contributed by atoms with Crippen LogP contribution in [0.3, 0.4) is 0 Å². The second-order valence-electron chi connectivity index (χ2n) is 5.34. The summed E-state index contributed by atoms with van der Waals surface area (Å²) in [5.41, 5.74) is 0.730. The molecule has 1 N–H and O–H groups in total. The molecule has 0 amide bonds. The second kappa shape index (κ2) is 4.81. The Labute approximate surface area is 125 Å². The number of fused-ring (bicyclic) bond motifs is 4. The summed E-state index contributed by atoms with van der Waals surface area (Å²) in [4.78, 5) is 2.10. The van der Waals surface area contributed by atoms with E-state index in [1.807, 2.05) is 19.1 Å². The van der Waals surface area contributed by atoms with Crippen LogP contribution in [0.15, 0.2) is 18.2 Å². The Morgan fingerprint density at radius 3 is 3.00 bits per heavy atom. The molecule has 2 heterocycles. The fourth-order valence-corrected chi connectivity index (χ4v) is 3.61. The lowest BCUT2D eigenvalue weighted by Gasteiger charge is -2.52. The molecule has 0 unspecified atom stereocenters. The Hall–Kier alpha value is -1.49. The molecule has 20 heavy (non-hydrogen) atoms. The third-order valence-electron chi connectivity index (χ3n) is 4.02. The first-order valence-electron chi connectivity index (χ1n) is 7.12. The molecule has 0 saturated carbocycles. The number of benzene rings is 1. The fourth-order valence-electron chi connectivity index (χ4n) is 3.15. The molecule has 1 aromatic carbocycles. The first kappa shape index (κ1) is 13.5. The molecule has 2 bridgehead atoms. The van der Waals surface area contributed by atoms with Crippen molar-refractivity contribution in [1.82, 2.24) is 10.2 Å². The van der Waals surface area contributed by atoms with Crippen LogP contribution in [-0.4, -0.2) is 28.9 Å². The summed E-state index contributed by atoms with van der Waals surface area (Å²) in [6.07, 6.45) is 0.879. The topological polar surface area (TPSA) is 33.7 Å². The van der Waals surface area contributed by atoms with Gasteiger partial charge in [-0.25, -0.2) is 0 Å². The van der Waals surface area contributed by atoms with Gasteiger partial charge in [0.15, 0.2) is 22.3 Å². The number of rotatable bonds is 3. The number of hydrogen-bond donors (Lipinski definition) is 1. The van der Waals surface area contributed by atoms with E-state index in [-0.39, 0.29) is 6.04 Å². The minimum atomic E-state index is -0.401. The summed E-state index contributed by atoms with van der Waals surface area (Å²) in [6, 6.07) is 6.24. The second-order valence-corrected chi connectivity index (χ2v) is 5.72. The number of ether oxygens (including phenoxy) is 2. The van der Waals surface area contributed by atoms with Gasteiger partial charge < -0.3 is 19.7 Å². The Bertz CT molecular complexity index is 549. The van der Waals surface area contributed by atoms with E-state index in [1.165, 1.54) is 0 Å². The average molecular weight is 292 g/mol. The summed E-state index contributed by atoms with van der Waals surface area (Å²) in [5.74, 6) is 1.66. The van der Waals surface area contributed by atoms with Crippen LogP contribution in [0.2, 0.25) is 0 Å². The van der Waals surface area contributed by atoms with Gasteiger partial charge in [0.05, 0.1) is 12.6 Å². The molecule has 0 spiro atoms. The molecule has 0 radical (unpaired) electrons. The quantitative estimate of drug-likeness (QED) is 0.866. The fraction of sp³-hybridized carbons (Fsp3) is 0.533. The van der Waals surface area contributed by atoms with Gasteiger partial charge in [-0.2, -0.15) is 0 Å². The van der Waals surface area contributed by atoms with Gasteiger partial charge >= 0.3 is 0 Å². The summed E-state index contributed by atoms with van der Waals surface area (Å²) in [7, 11) is 0. The van der Waals surface area contributed by atoms with Gasteiger partial charge in [-0.3, -0.25) is 0 Å². The van der Waals surface area contributed by atoms with Crippen molar-refractivity contribution < 1.29 is 9.47 Å². The number of nitrogens with zero attached hydrogens (tertiary/aromatic N) is 1. The first-order valence-corrected chi connectivity index (χ1v) is 7.52. The number of para-hydroxylation sites is 1. The van der Waals surface area contributed by atoms with Crippen molar-refractivity contribution in [1.29, 1.82) is 0 Å². The van der Waals surface area contributed by atoms with Crippen LogP contribution < -0.4 is 14.8 Å². The molecule has 0 aliphatic carbocycles. The molecule has 2 atom stereocenters. The molecule has 108 valence electrons. The number of thiocarbonyl (C=S) groups is 1. The predicted molar refractivity (Wildman–Crippen MR) is 82.1 cm³/mol. The molecular weight excluding hydrogens is 272 g/mol. The molecule has 0 aromatic heterocycles. The zero-order chi connectivity index (χ0) is 14.3. The minimum absolute atomic E-state index is 0.194. The monoisotopic (exact) mass is 292 g/mol. The van der Waals surface area contributed by atoms with Gasteiger partial charge in [-0.1, -0.05) is 12.1 Å². The third-order valence-corrected chi connectivity index (χ3v) is 4.36. The molecule has 1 fully saturated rings. The lowest BCUT2D eigenvalue weighted by molar-refractivity contribution is -0.0675. The maximum atomic E-state index is 6.32.